The molecule has 2 bridgehead atoms. The first-order valence-electron chi connectivity index (χ1n) is 11.1. The van der Waals surface area contributed by atoms with Gasteiger partial charge in [0.1, 0.15) is 6.61 Å². The third kappa shape index (κ3) is 3.32. The minimum absolute atomic E-state index is 0.0171. The number of rotatable bonds is 6. The molecule has 3 fully saturated rings. The summed E-state index contributed by atoms with van der Waals surface area (Å²) in [6, 6.07) is 16.1. The van der Waals surface area contributed by atoms with Gasteiger partial charge in [0, 0.05) is 25.0 Å². The molecular weight excluding hydrogens is 408 g/mol. The molecule has 7 nitrogen and oxygen atoms in total. The summed E-state index contributed by atoms with van der Waals surface area (Å²) in [7, 11) is 0. The van der Waals surface area contributed by atoms with Crippen molar-refractivity contribution < 1.29 is 24.2 Å². The van der Waals surface area contributed by atoms with Gasteiger partial charge < -0.3 is 20.1 Å². The molecule has 1 saturated carbocycles. The van der Waals surface area contributed by atoms with E-state index in [9.17, 15) is 19.5 Å². The number of carbonyl (C=O) groups is 3. The summed E-state index contributed by atoms with van der Waals surface area (Å²) < 4.78 is 5.52. The molecule has 2 saturated heterocycles. The van der Waals surface area contributed by atoms with Gasteiger partial charge in [-0.15, -0.1) is 0 Å². The van der Waals surface area contributed by atoms with E-state index in [0.717, 1.165) is 17.5 Å². The van der Waals surface area contributed by atoms with Crippen LogP contribution >= 0.6 is 0 Å². The molecule has 2 aliphatic carbocycles. The topological polar surface area (TPSA) is 95.9 Å². The lowest BCUT2D eigenvalue weighted by Gasteiger charge is -2.33. The summed E-state index contributed by atoms with van der Waals surface area (Å²) in [6.45, 7) is 2.62. The molecule has 2 heterocycles. The maximum absolute atomic E-state index is 12.7. The molecule has 0 spiro atoms. The predicted molar refractivity (Wildman–Crippen MR) is 117 cm³/mol. The first-order chi connectivity index (χ1) is 15.5. The van der Waals surface area contributed by atoms with Crippen molar-refractivity contribution in [3.8, 4) is 11.1 Å². The Hall–Kier alpha value is -3.35. The van der Waals surface area contributed by atoms with E-state index in [1.54, 1.807) is 11.8 Å². The summed E-state index contributed by atoms with van der Waals surface area (Å²) in [4.78, 5) is 38.1. The van der Waals surface area contributed by atoms with Crippen molar-refractivity contribution >= 4 is 18.0 Å². The van der Waals surface area contributed by atoms with Crippen LogP contribution in [-0.4, -0.2) is 53.7 Å². The molecule has 4 aliphatic rings. The zero-order valence-electron chi connectivity index (χ0n) is 17.9. The Bertz CT molecular complexity index is 1040. The zero-order chi connectivity index (χ0) is 22.4. The molecule has 2 aromatic carbocycles. The second-order valence-corrected chi connectivity index (χ2v) is 9.03. The van der Waals surface area contributed by atoms with Gasteiger partial charge >= 0.3 is 12.1 Å². The average molecular weight is 434 g/mol. The van der Waals surface area contributed by atoms with Crippen molar-refractivity contribution in [1.82, 2.24) is 10.2 Å². The average Bonchev–Trinajstić information content (AvgIpc) is 3.46. The maximum atomic E-state index is 12.7. The first kappa shape index (κ1) is 20.5. The van der Waals surface area contributed by atoms with Crippen LogP contribution in [0.1, 0.15) is 30.4 Å². The summed E-state index contributed by atoms with van der Waals surface area (Å²) in [6.07, 6.45) is 0.204. The molecule has 6 rings (SSSR count). The molecular formula is C25H26N2O5. The summed E-state index contributed by atoms with van der Waals surface area (Å²) >= 11 is 0. The fourth-order valence-corrected chi connectivity index (χ4v) is 5.49. The highest BCUT2D eigenvalue weighted by molar-refractivity contribution is 5.83. The molecule has 2 aliphatic heterocycles. The molecule has 2 amide bonds. The van der Waals surface area contributed by atoms with Crippen LogP contribution in [0.4, 0.5) is 4.79 Å². The van der Waals surface area contributed by atoms with E-state index in [0.29, 0.717) is 6.54 Å². The van der Waals surface area contributed by atoms with Gasteiger partial charge in [0.05, 0.1) is 11.8 Å². The van der Waals surface area contributed by atoms with E-state index in [1.807, 2.05) is 24.3 Å². The van der Waals surface area contributed by atoms with Crippen LogP contribution in [0.15, 0.2) is 48.5 Å². The van der Waals surface area contributed by atoms with Crippen LogP contribution in [0.25, 0.3) is 11.1 Å². The highest BCUT2D eigenvalue weighted by Crippen LogP contribution is 2.47. The SMILES string of the molecule is CC(CNC(=O)OCC1c2ccccc2-c2ccccc21)C(=O)N1CC2CC1C2C(=O)O. The van der Waals surface area contributed by atoms with Crippen LogP contribution < -0.4 is 5.32 Å². The number of fused-ring (bicyclic) bond motifs is 4. The number of hydrogen-bond acceptors (Lipinski definition) is 4. The molecule has 7 heteroatoms. The van der Waals surface area contributed by atoms with E-state index in [2.05, 4.69) is 29.6 Å². The van der Waals surface area contributed by atoms with E-state index in [4.69, 9.17) is 4.74 Å². The smallest absolute Gasteiger partial charge is 0.407 e. The predicted octanol–water partition coefficient (Wildman–Crippen LogP) is 3.09. The lowest BCUT2D eigenvalue weighted by molar-refractivity contribution is -0.148. The van der Waals surface area contributed by atoms with Crippen LogP contribution in [0.5, 0.6) is 0 Å². The highest BCUT2D eigenvalue weighted by atomic mass is 16.5. The number of nitrogens with one attached hydrogen (secondary N) is 1. The molecule has 0 aromatic heterocycles. The first-order valence-corrected chi connectivity index (χ1v) is 11.1. The number of carbonyl (C=O) groups excluding carboxylic acids is 2. The number of nitrogens with zero attached hydrogens (tertiary/aromatic N) is 1. The van der Waals surface area contributed by atoms with Crippen molar-refractivity contribution in [2.24, 2.45) is 17.8 Å². The van der Waals surface area contributed by atoms with Crippen molar-refractivity contribution in [1.29, 1.82) is 0 Å². The number of hydrogen-bond donors (Lipinski definition) is 2. The van der Waals surface area contributed by atoms with Crippen LogP contribution in [0, 0.1) is 17.8 Å². The third-order valence-electron chi connectivity index (χ3n) is 7.18. The number of alkyl carbamates (subject to hydrolysis) is 1. The molecule has 166 valence electrons. The Kier molecular flexibility index (Phi) is 5.12. The highest BCUT2D eigenvalue weighted by Gasteiger charge is 2.57. The number of carboxylic acids is 1. The fraction of sp³-hybridized carbons (Fsp3) is 0.400. The standard InChI is InChI=1S/C25H26N2O5/c1-14(23(28)27-12-15-10-21(27)22(15)24(29)30)11-26-25(31)32-13-20-18-8-4-2-6-16(18)17-7-3-5-9-19(17)20/h2-9,14-15,20-22H,10-13H2,1H3,(H,26,31)(H,29,30). The minimum Gasteiger partial charge on any atom is -0.481 e. The summed E-state index contributed by atoms with van der Waals surface area (Å²) in [5.74, 6) is -1.78. The van der Waals surface area contributed by atoms with E-state index < -0.39 is 23.9 Å². The van der Waals surface area contributed by atoms with Crippen molar-refractivity contribution in [3.63, 3.8) is 0 Å². The number of amides is 2. The van der Waals surface area contributed by atoms with Crippen LogP contribution in [0.3, 0.4) is 0 Å². The Morgan fingerprint density at radius 3 is 2.31 bits per heavy atom. The molecule has 2 N–H and O–H groups in total. The second kappa shape index (κ2) is 7.97. The monoisotopic (exact) mass is 434 g/mol. The number of benzene rings is 2. The van der Waals surface area contributed by atoms with E-state index in [-0.39, 0.29) is 36.9 Å². The maximum Gasteiger partial charge on any atom is 0.407 e. The molecule has 2 aromatic rings. The molecule has 32 heavy (non-hydrogen) atoms. The molecule has 4 atom stereocenters. The van der Waals surface area contributed by atoms with Gasteiger partial charge in [-0.05, 0) is 34.6 Å². The Balaban J connectivity index is 1.15. The Morgan fingerprint density at radius 2 is 1.72 bits per heavy atom. The van der Waals surface area contributed by atoms with Gasteiger partial charge in [-0.25, -0.2) is 4.79 Å². The van der Waals surface area contributed by atoms with Gasteiger partial charge in [-0.3, -0.25) is 9.59 Å². The Labute approximate surface area is 186 Å². The molecule has 4 unspecified atom stereocenters. The van der Waals surface area contributed by atoms with Crippen molar-refractivity contribution in [2.45, 2.75) is 25.3 Å². The lowest BCUT2D eigenvalue weighted by Crippen LogP contribution is -2.47. The zero-order valence-corrected chi connectivity index (χ0v) is 17.9. The van der Waals surface area contributed by atoms with Gasteiger partial charge in [0.25, 0.3) is 0 Å². The van der Waals surface area contributed by atoms with E-state index >= 15 is 0 Å². The van der Waals surface area contributed by atoms with Crippen molar-refractivity contribution in [3.05, 3.63) is 59.7 Å². The molecule has 0 radical (unpaired) electrons. The quantitative estimate of drug-likeness (QED) is 0.728. The minimum atomic E-state index is -0.828. The Morgan fingerprint density at radius 1 is 1.09 bits per heavy atom. The number of aliphatic carboxylic acids is 1. The fourth-order valence-electron chi connectivity index (χ4n) is 5.49. The van der Waals surface area contributed by atoms with E-state index in [1.165, 1.54) is 11.1 Å². The third-order valence-corrected chi connectivity index (χ3v) is 7.18. The van der Waals surface area contributed by atoms with Crippen LogP contribution in [0.2, 0.25) is 0 Å². The van der Waals surface area contributed by atoms with Crippen molar-refractivity contribution in [2.75, 3.05) is 19.7 Å². The largest absolute Gasteiger partial charge is 0.481 e. The second-order valence-electron chi connectivity index (χ2n) is 9.03. The summed E-state index contributed by atoms with van der Waals surface area (Å²) in [5.41, 5.74) is 4.62. The summed E-state index contributed by atoms with van der Waals surface area (Å²) in [5, 5.41) is 12.0. The van der Waals surface area contributed by atoms with Gasteiger partial charge in [0.15, 0.2) is 0 Å². The van der Waals surface area contributed by atoms with Gasteiger partial charge in [-0.1, -0.05) is 55.5 Å². The number of ether oxygens (including phenoxy) is 1. The van der Waals surface area contributed by atoms with Crippen LogP contribution in [-0.2, 0) is 14.3 Å². The van der Waals surface area contributed by atoms with Gasteiger partial charge in [-0.2, -0.15) is 0 Å². The lowest BCUT2D eigenvalue weighted by atomic mass is 9.74. The number of carboxylic acid groups (broad SMARTS) is 1. The van der Waals surface area contributed by atoms with Gasteiger partial charge in [0.2, 0.25) is 5.91 Å². The normalized spacial score (nSPS) is 23.7.